The van der Waals surface area contributed by atoms with Crippen molar-refractivity contribution < 1.29 is 28.6 Å². The second kappa shape index (κ2) is 9.50. The average molecular weight is 526 g/mol. The summed E-state index contributed by atoms with van der Waals surface area (Å²) in [6.45, 7) is 0. The number of nitrogens with zero attached hydrogens (tertiary/aromatic N) is 2. The highest BCUT2D eigenvalue weighted by molar-refractivity contribution is 6.25. The Kier molecular flexibility index (Phi) is 5.98. The van der Waals surface area contributed by atoms with Crippen molar-refractivity contribution in [3.63, 3.8) is 0 Å². The number of para-hydroxylation sites is 1. The van der Waals surface area contributed by atoms with Crippen molar-refractivity contribution in [2.75, 3.05) is 36.4 Å². The van der Waals surface area contributed by atoms with Gasteiger partial charge in [-0.05, 0) is 48.0 Å². The predicted octanol–water partition coefficient (Wildman–Crippen LogP) is 3.74. The third-order valence-electron chi connectivity index (χ3n) is 7.68. The smallest absolute Gasteiger partial charge is 0.248 e. The molecule has 3 aliphatic heterocycles. The maximum Gasteiger partial charge on any atom is 0.248 e. The number of methoxy groups -OCH3 is 3. The molecule has 0 unspecified atom stereocenters. The zero-order chi connectivity index (χ0) is 27.3. The lowest BCUT2D eigenvalue weighted by molar-refractivity contribution is -0.126. The normalized spacial score (nSPS) is 22.7. The molecule has 3 amide bonds. The third kappa shape index (κ3) is 3.80. The van der Waals surface area contributed by atoms with Crippen molar-refractivity contribution in [1.29, 1.82) is 0 Å². The molecule has 3 aromatic rings. The van der Waals surface area contributed by atoms with E-state index in [1.807, 2.05) is 41.3 Å². The lowest BCUT2D eigenvalue weighted by atomic mass is 9.88. The van der Waals surface area contributed by atoms with Crippen molar-refractivity contribution in [2.24, 2.45) is 11.8 Å². The summed E-state index contributed by atoms with van der Waals surface area (Å²) in [6.07, 6.45) is 3.87. The molecule has 9 heteroatoms. The Bertz CT molecular complexity index is 1500. The molecule has 3 aromatic carbocycles. The molecule has 198 valence electrons. The molecule has 3 heterocycles. The van der Waals surface area contributed by atoms with E-state index in [1.165, 1.54) is 19.1 Å². The molecule has 2 saturated heterocycles. The summed E-state index contributed by atoms with van der Waals surface area (Å²) < 4.78 is 16.0. The first kappa shape index (κ1) is 24.5. The van der Waals surface area contributed by atoms with E-state index in [0.717, 1.165) is 11.3 Å². The molecule has 0 spiro atoms. The van der Waals surface area contributed by atoms with Crippen LogP contribution in [0.4, 0.5) is 17.1 Å². The number of hydrogen-bond donors (Lipinski definition) is 1. The van der Waals surface area contributed by atoms with Crippen LogP contribution < -0.4 is 29.3 Å². The molecular weight excluding hydrogens is 498 g/mol. The maximum atomic E-state index is 14.1. The van der Waals surface area contributed by atoms with Crippen LogP contribution in [0.2, 0.25) is 0 Å². The highest BCUT2D eigenvalue weighted by Gasteiger charge is 2.64. The summed E-state index contributed by atoms with van der Waals surface area (Å²) >= 11 is 0. The zero-order valence-corrected chi connectivity index (χ0v) is 21.7. The second-order valence-corrected chi connectivity index (χ2v) is 9.58. The van der Waals surface area contributed by atoms with Crippen LogP contribution in [0.1, 0.15) is 5.56 Å². The Morgan fingerprint density at radius 2 is 1.51 bits per heavy atom. The van der Waals surface area contributed by atoms with E-state index in [2.05, 4.69) is 5.32 Å². The van der Waals surface area contributed by atoms with Gasteiger partial charge in [0.15, 0.2) is 0 Å². The number of ether oxygens (including phenoxy) is 3. The Balaban J connectivity index is 1.43. The fourth-order valence-electron chi connectivity index (χ4n) is 5.92. The number of amides is 3. The number of benzene rings is 3. The number of rotatable bonds is 6. The monoisotopic (exact) mass is 525 g/mol. The first-order valence-corrected chi connectivity index (χ1v) is 12.6. The summed E-state index contributed by atoms with van der Waals surface area (Å²) in [5.74, 6) is -1.18. The minimum atomic E-state index is -0.943. The van der Waals surface area contributed by atoms with Gasteiger partial charge >= 0.3 is 0 Å². The molecule has 3 aliphatic rings. The molecule has 9 nitrogen and oxygen atoms in total. The number of hydrogen-bond acceptors (Lipinski definition) is 7. The molecule has 0 saturated carbocycles. The molecule has 1 N–H and O–H groups in total. The van der Waals surface area contributed by atoms with Gasteiger partial charge in [0.05, 0.1) is 50.6 Å². The van der Waals surface area contributed by atoms with Crippen molar-refractivity contribution in [3.8, 4) is 17.2 Å². The zero-order valence-electron chi connectivity index (χ0n) is 21.7. The van der Waals surface area contributed by atoms with E-state index >= 15 is 0 Å². The van der Waals surface area contributed by atoms with Crippen molar-refractivity contribution >= 4 is 40.9 Å². The van der Waals surface area contributed by atoms with Crippen LogP contribution in [0.3, 0.4) is 0 Å². The topological polar surface area (TPSA) is 97.4 Å². The summed E-state index contributed by atoms with van der Waals surface area (Å²) in [5, 5.41) is 2.95. The lowest BCUT2D eigenvalue weighted by Gasteiger charge is -2.36. The molecule has 0 aliphatic carbocycles. The summed E-state index contributed by atoms with van der Waals surface area (Å²) in [6, 6.07) is 18.1. The molecule has 0 bridgehead atoms. The predicted molar refractivity (Wildman–Crippen MR) is 146 cm³/mol. The SMILES string of the molecule is COc1ccc(N2C(=O)[C@@H]3[C@H](C2=O)[C@H]2C=Cc4ccccc4N2[C@@H]3C(=O)Nc2cc(OC)ccc2OC)cc1. The van der Waals surface area contributed by atoms with E-state index < -0.39 is 35.7 Å². The Hall–Kier alpha value is -4.79. The van der Waals surface area contributed by atoms with Gasteiger partial charge in [-0.3, -0.25) is 14.4 Å². The molecule has 0 aromatic heterocycles. The summed E-state index contributed by atoms with van der Waals surface area (Å²) in [7, 11) is 4.59. The fourth-order valence-corrected chi connectivity index (χ4v) is 5.92. The first-order chi connectivity index (χ1) is 19.0. The molecule has 39 heavy (non-hydrogen) atoms. The number of carbonyl (C=O) groups is 3. The van der Waals surface area contributed by atoms with Crippen LogP contribution >= 0.6 is 0 Å². The van der Waals surface area contributed by atoms with Gasteiger partial charge in [0.25, 0.3) is 0 Å². The lowest BCUT2D eigenvalue weighted by Crippen LogP contribution is -2.50. The van der Waals surface area contributed by atoms with Crippen LogP contribution in [0.5, 0.6) is 17.2 Å². The Labute approximate surface area is 225 Å². The minimum Gasteiger partial charge on any atom is -0.497 e. The Morgan fingerprint density at radius 1 is 0.821 bits per heavy atom. The van der Waals surface area contributed by atoms with Gasteiger partial charge < -0.3 is 24.4 Å². The van der Waals surface area contributed by atoms with E-state index in [1.54, 1.807) is 49.6 Å². The van der Waals surface area contributed by atoms with Crippen molar-refractivity contribution in [3.05, 3.63) is 78.4 Å². The third-order valence-corrected chi connectivity index (χ3v) is 7.68. The second-order valence-electron chi connectivity index (χ2n) is 9.58. The van der Waals surface area contributed by atoms with E-state index in [4.69, 9.17) is 14.2 Å². The number of fused-ring (bicyclic) bond motifs is 5. The van der Waals surface area contributed by atoms with E-state index in [9.17, 15) is 14.4 Å². The number of nitrogens with one attached hydrogen (secondary N) is 1. The van der Waals surface area contributed by atoms with Crippen molar-refractivity contribution in [2.45, 2.75) is 12.1 Å². The standard InChI is InChI=1S/C30H27N3O6/c1-37-19-11-9-18(10-12-19)32-29(35)25-23-14-8-17-6-4-5-7-22(17)33(23)27(26(25)30(32)36)28(34)31-21-16-20(38-2)13-15-24(21)39-3/h4-16,23,25-27H,1-3H3,(H,31,34)/t23-,25-,26-,27+/m1/s1. The molecule has 0 radical (unpaired) electrons. The molecular formula is C30H27N3O6. The van der Waals surface area contributed by atoms with Gasteiger partial charge in [0, 0.05) is 11.8 Å². The first-order valence-electron chi connectivity index (χ1n) is 12.6. The number of carbonyl (C=O) groups excluding carboxylic acids is 3. The van der Waals surface area contributed by atoms with Crippen LogP contribution in [-0.2, 0) is 14.4 Å². The van der Waals surface area contributed by atoms with Gasteiger partial charge in [-0.2, -0.15) is 0 Å². The summed E-state index contributed by atoms with van der Waals surface area (Å²) in [5.41, 5.74) is 2.57. The number of anilines is 3. The Morgan fingerprint density at radius 3 is 2.23 bits per heavy atom. The maximum absolute atomic E-state index is 14.1. The number of imide groups is 1. The van der Waals surface area contributed by atoms with Crippen LogP contribution in [0.25, 0.3) is 6.08 Å². The van der Waals surface area contributed by atoms with Gasteiger partial charge in [-0.1, -0.05) is 30.4 Å². The molecule has 4 atom stereocenters. The molecule has 2 fully saturated rings. The fraction of sp³-hybridized carbons (Fsp3) is 0.233. The van der Waals surface area contributed by atoms with Gasteiger partial charge in [0.1, 0.15) is 23.3 Å². The minimum absolute atomic E-state index is 0.330. The quantitative estimate of drug-likeness (QED) is 0.490. The average Bonchev–Trinajstić information content (AvgIpc) is 3.45. The largest absolute Gasteiger partial charge is 0.497 e. The highest BCUT2D eigenvalue weighted by atomic mass is 16.5. The van der Waals surface area contributed by atoms with Crippen LogP contribution in [-0.4, -0.2) is 51.1 Å². The van der Waals surface area contributed by atoms with Crippen LogP contribution in [0.15, 0.2) is 72.8 Å². The van der Waals surface area contributed by atoms with Gasteiger partial charge in [-0.15, -0.1) is 0 Å². The molecule has 6 rings (SSSR count). The highest BCUT2D eigenvalue weighted by Crippen LogP contribution is 2.49. The van der Waals surface area contributed by atoms with Crippen LogP contribution in [0, 0.1) is 11.8 Å². The van der Waals surface area contributed by atoms with E-state index in [-0.39, 0.29) is 5.91 Å². The van der Waals surface area contributed by atoms with Gasteiger partial charge in [0.2, 0.25) is 17.7 Å². The van der Waals surface area contributed by atoms with Gasteiger partial charge in [-0.25, -0.2) is 4.90 Å². The van der Waals surface area contributed by atoms with E-state index in [0.29, 0.717) is 28.6 Å². The van der Waals surface area contributed by atoms with Crippen molar-refractivity contribution in [1.82, 2.24) is 0 Å². The summed E-state index contributed by atoms with van der Waals surface area (Å²) in [4.78, 5) is 45.1.